The molecular formula is C32H32ClF2N5O2. The van der Waals surface area contributed by atoms with E-state index < -0.39 is 18.1 Å². The van der Waals surface area contributed by atoms with E-state index in [0.29, 0.717) is 55.5 Å². The van der Waals surface area contributed by atoms with Crippen LogP contribution in [0.4, 0.5) is 8.78 Å². The van der Waals surface area contributed by atoms with Crippen molar-refractivity contribution in [2.75, 3.05) is 6.61 Å². The summed E-state index contributed by atoms with van der Waals surface area (Å²) in [7, 11) is 0. The molecule has 1 aliphatic heterocycles. The molecule has 0 bridgehead atoms. The molecule has 5 rings (SSSR count). The van der Waals surface area contributed by atoms with Crippen molar-refractivity contribution in [3.05, 3.63) is 108 Å². The standard InChI is InChI=1S/C32H32ClF2N5O2/c1-20-38-32(19-31(2,3)4,24-11-8-21(9-12-24)23-16-37-39(17-23)30(34)35)29(42)40(20)28(18-41)22-10-13-26(33)25(15-22)27-7-5-6-14-36-27/h5-17,28,30,38,41H,1,18-19H2,2-4H3/t28-,32-/m1/s1. The maximum absolute atomic E-state index is 14.5. The van der Waals surface area contributed by atoms with E-state index in [1.807, 2.05) is 57.2 Å². The van der Waals surface area contributed by atoms with Crippen LogP contribution in [0, 0.1) is 5.41 Å². The van der Waals surface area contributed by atoms with E-state index in [-0.39, 0.29) is 17.9 Å². The maximum Gasteiger partial charge on any atom is 0.333 e. The summed E-state index contributed by atoms with van der Waals surface area (Å²) < 4.78 is 26.7. The van der Waals surface area contributed by atoms with Crippen molar-refractivity contribution in [1.82, 2.24) is 25.0 Å². The number of halogens is 3. The van der Waals surface area contributed by atoms with Gasteiger partial charge in [-0.25, -0.2) is 4.68 Å². The molecule has 4 aromatic rings. The lowest BCUT2D eigenvalue weighted by Gasteiger charge is -2.35. The first kappa shape index (κ1) is 29.4. The highest BCUT2D eigenvalue weighted by Gasteiger charge is 2.53. The SMILES string of the molecule is C=C1N[C@](CC(C)(C)C)(c2ccc(-c3cnn(C(F)F)c3)cc2)C(=O)N1[C@H](CO)c1ccc(Cl)c(-c2ccccn2)c1. The van der Waals surface area contributed by atoms with Gasteiger partial charge < -0.3 is 10.4 Å². The van der Waals surface area contributed by atoms with Gasteiger partial charge >= 0.3 is 6.55 Å². The smallest absolute Gasteiger partial charge is 0.333 e. The molecule has 7 nitrogen and oxygen atoms in total. The normalized spacial score (nSPS) is 18.0. The Bertz CT molecular complexity index is 1600. The summed E-state index contributed by atoms with van der Waals surface area (Å²) in [6.07, 6.45) is 4.76. The molecule has 1 aliphatic rings. The highest BCUT2D eigenvalue weighted by atomic mass is 35.5. The molecule has 1 amide bonds. The molecule has 0 saturated carbocycles. The van der Waals surface area contributed by atoms with Crippen molar-refractivity contribution in [3.63, 3.8) is 0 Å². The van der Waals surface area contributed by atoms with Crippen LogP contribution in [0.25, 0.3) is 22.4 Å². The van der Waals surface area contributed by atoms with Gasteiger partial charge in [-0.2, -0.15) is 13.9 Å². The summed E-state index contributed by atoms with van der Waals surface area (Å²) in [5, 5.41) is 18.2. The number of nitrogens with zero attached hydrogens (tertiary/aromatic N) is 4. The summed E-state index contributed by atoms with van der Waals surface area (Å²) in [4.78, 5) is 20.4. The molecule has 218 valence electrons. The average Bonchev–Trinajstić information content (AvgIpc) is 3.54. The van der Waals surface area contributed by atoms with Crippen molar-refractivity contribution in [1.29, 1.82) is 0 Å². The second-order valence-electron chi connectivity index (χ2n) is 11.6. The van der Waals surface area contributed by atoms with Crippen molar-refractivity contribution < 1.29 is 18.7 Å². The highest BCUT2D eigenvalue weighted by Crippen LogP contribution is 2.45. The molecule has 42 heavy (non-hydrogen) atoms. The van der Waals surface area contributed by atoms with Crippen LogP contribution in [0.1, 0.15) is 50.9 Å². The number of hydrogen-bond donors (Lipinski definition) is 2. The van der Waals surface area contributed by atoms with Crippen molar-refractivity contribution in [2.24, 2.45) is 5.41 Å². The Balaban J connectivity index is 1.53. The van der Waals surface area contributed by atoms with Crippen LogP contribution in [-0.2, 0) is 10.3 Å². The quantitative estimate of drug-likeness (QED) is 0.232. The van der Waals surface area contributed by atoms with Gasteiger partial charge in [-0.3, -0.25) is 14.7 Å². The fraction of sp³-hybridized carbons (Fsp3) is 0.281. The third-order valence-corrected chi connectivity index (χ3v) is 7.67. The topological polar surface area (TPSA) is 83.3 Å². The Morgan fingerprint density at radius 3 is 2.43 bits per heavy atom. The van der Waals surface area contributed by atoms with E-state index in [0.717, 1.165) is 0 Å². The van der Waals surface area contributed by atoms with Crippen LogP contribution in [0.5, 0.6) is 0 Å². The predicted molar refractivity (Wildman–Crippen MR) is 158 cm³/mol. The van der Waals surface area contributed by atoms with Gasteiger partial charge in [0.15, 0.2) is 0 Å². The molecule has 2 aromatic carbocycles. The first-order valence-electron chi connectivity index (χ1n) is 13.5. The van der Waals surface area contributed by atoms with Gasteiger partial charge in [0.25, 0.3) is 5.91 Å². The van der Waals surface area contributed by atoms with E-state index in [9.17, 15) is 18.7 Å². The summed E-state index contributed by atoms with van der Waals surface area (Å²) in [6.45, 7) is 7.23. The van der Waals surface area contributed by atoms with Gasteiger partial charge in [-0.15, -0.1) is 0 Å². The van der Waals surface area contributed by atoms with Crippen molar-refractivity contribution in [3.8, 4) is 22.4 Å². The zero-order valence-electron chi connectivity index (χ0n) is 23.6. The number of hydrogen-bond acceptors (Lipinski definition) is 5. The second-order valence-corrected chi connectivity index (χ2v) is 12.0. The molecule has 10 heteroatoms. The van der Waals surface area contributed by atoms with Gasteiger partial charge in [0.2, 0.25) is 0 Å². The fourth-order valence-corrected chi connectivity index (χ4v) is 5.79. The van der Waals surface area contributed by atoms with Crippen LogP contribution in [0.15, 0.2) is 91.7 Å². The number of carbonyl (C=O) groups is 1. The number of pyridine rings is 1. The Kier molecular flexibility index (Phi) is 7.92. The van der Waals surface area contributed by atoms with Crippen LogP contribution in [0.3, 0.4) is 0 Å². The van der Waals surface area contributed by atoms with Crippen LogP contribution >= 0.6 is 11.6 Å². The minimum atomic E-state index is -2.73. The lowest BCUT2D eigenvalue weighted by molar-refractivity contribution is -0.135. The number of aliphatic hydroxyl groups is 1. The van der Waals surface area contributed by atoms with Crippen LogP contribution < -0.4 is 5.32 Å². The zero-order chi connectivity index (χ0) is 30.2. The monoisotopic (exact) mass is 591 g/mol. The van der Waals surface area contributed by atoms with Crippen LogP contribution in [-0.4, -0.2) is 37.3 Å². The average molecular weight is 592 g/mol. The summed E-state index contributed by atoms with van der Waals surface area (Å²) in [6, 6.07) is 17.3. The molecule has 0 spiro atoms. The summed E-state index contributed by atoms with van der Waals surface area (Å²) >= 11 is 6.51. The molecule has 3 heterocycles. The molecule has 0 radical (unpaired) electrons. The number of aliphatic hydroxyl groups excluding tert-OH is 1. The Morgan fingerprint density at radius 2 is 1.83 bits per heavy atom. The molecular weight excluding hydrogens is 560 g/mol. The minimum Gasteiger partial charge on any atom is -0.394 e. The van der Waals surface area contributed by atoms with Gasteiger partial charge in [-0.05, 0) is 52.8 Å². The third-order valence-electron chi connectivity index (χ3n) is 7.34. The molecule has 2 atom stereocenters. The lowest BCUT2D eigenvalue weighted by atomic mass is 9.75. The number of amides is 1. The predicted octanol–water partition coefficient (Wildman–Crippen LogP) is 6.93. The molecule has 0 unspecified atom stereocenters. The van der Waals surface area contributed by atoms with Gasteiger partial charge in [0, 0.05) is 28.5 Å². The van der Waals surface area contributed by atoms with Gasteiger partial charge in [0.1, 0.15) is 11.4 Å². The van der Waals surface area contributed by atoms with Gasteiger partial charge in [0.05, 0.1) is 24.5 Å². The molecule has 2 N–H and O–H groups in total. The number of nitrogens with one attached hydrogen (secondary N) is 1. The van der Waals surface area contributed by atoms with Gasteiger partial charge in [-0.1, -0.05) is 75.3 Å². The fourth-order valence-electron chi connectivity index (χ4n) is 5.58. The maximum atomic E-state index is 14.5. The first-order chi connectivity index (χ1) is 19.9. The van der Waals surface area contributed by atoms with E-state index in [1.54, 1.807) is 30.5 Å². The number of rotatable bonds is 8. The number of alkyl halides is 2. The van der Waals surface area contributed by atoms with Crippen molar-refractivity contribution in [2.45, 2.75) is 45.3 Å². The Hall–Kier alpha value is -4.08. The summed E-state index contributed by atoms with van der Waals surface area (Å²) in [5.41, 5.74) is 2.50. The van der Waals surface area contributed by atoms with Crippen LogP contribution in [0.2, 0.25) is 5.02 Å². The summed E-state index contributed by atoms with van der Waals surface area (Å²) in [5.74, 6) is 0.106. The minimum absolute atomic E-state index is 0.255. The molecule has 1 saturated heterocycles. The molecule has 0 aliphatic carbocycles. The first-order valence-corrected chi connectivity index (χ1v) is 13.9. The number of benzene rings is 2. The number of aromatic nitrogens is 3. The lowest BCUT2D eigenvalue weighted by Crippen LogP contribution is -2.47. The third kappa shape index (κ3) is 5.54. The number of carbonyl (C=O) groups excluding carboxylic acids is 1. The molecule has 1 fully saturated rings. The second kappa shape index (κ2) is 11.3. The highest BCUT2D eigenvalue weighted by molar-refractivity contribution is 6.33. The Morgan fingerprint density at radius 1 is 1.10 bits per heavy atom. The molecule has 2 aromatic heterocycles. The largest absolute Gasteiger partial charge is 0.394 e. The van der Waals surface area contributed by atoms with E-state index >= 15 is 0 Å². The van der Waals surface area contributed by atoms with E-state index in [1.165, 1.54) is 17.3 Å². The van der Waals surface area contributed by atoms with E-state index in [2.05, 4.69) is 22.0 Å². The van der Waals surface area contributed by atoms with Crippen molar-refractivity contribution >= 4 is 17.5 Å². The Labute approximate surface area is 248 Å². The van der Waals surface area contributed by atoms with E-state index in [4.69, 9.17) is 11.6 Å². The zero-order valence-corrected chi connectivity index (χ0v) is 24.3.